The van der Waals surface area contributed by atoms with Crippen LogP contribution in [0, 0.1) is 0 Å². The van der Waals surface area contributed by atoms with Gasteiger partial charge in [0.2, 0.25) is 0 Å². The van der Waals surface area contributed by atoms with E-state index in [9.17, 15) is 4.79 Å². The van der Waals surface area contributed by atoms with Crippen molar-refractivity contribution in [3.8, 4) is 5.75 Å². The van der Waals surface area contributed by atoms with Gasteiger partial charge in [0.25, 0.3) is 0 Å². The number of benzene rings is 2. The molecule has 0 aliphatic heterocycles. The zero-order chi connectivity index (χ0) is 17.1. The van der Waals surface area contributed by atoms with E-state index in [2.05, 4.69) is 17.1 Å². The maximum absolute atomic E-state index is 12.4. The third-order valence-corrected chi connectivity index (χ3v) is 4.29. The minimum absolute atomic E-state index is 0.319. The Morgan fingerprint density at radius 1 is 1.08 bits per heavy atom. The van der Waals surface area contributed by atoms with Gasteiger partial charge in [-0.25, -0.2) is 4.79 Å². The van der Waals surface area contributed by atoms with Gasteiger partial charge in [-0.2, -0.15) is 0 Å². The number of carbonyl (C=O) groups is 1. The minimum Gasteiger partial charge on any atom is -0.496 e. The first kappa shape index (κ1) is 16.1. The van der Waals surface area contributed by atoms with Crippen LogP contribution in [-0.4, -0.2) is 25.2 Å². The molecule has 1 aromatic heterocycles. The summed E-state index contributed by atoms with van der Waals surface area (Å²) in [7, 11) is 3.07. The molecule has 0 saturated heterocycles. The van der Waals surface area contributed by atoms with Crippen LogP contribution in [0.2, 0.25) is 0 Å². The second-order valence-electron chi connectivity index (χ2n) is 5.66. The molecule has 0 bridgehead atoms. The van der Waals surface area contributed by atoms with Crippen LogP contribution in [0.15, 0.2) is 42.5 Å². The van der Waals surface area contributed by atoms with Crippen molar-refractivity contribution < 1.29 is 14.3 Å². The monoisotopic (exact) mass is 323 g/mol. The van der Waals surface area contributed by atoms with Crippen LogP contribution in [0.25, 0.3) is 10.9 Å². The highest BCUT2D eigenvalue weighted by molar-refractivity contribution is 6.07. The highest BCUT2D eigenvalue weighted by Gasteiger charge is 2.22. The molecule has 1 N–H and O–H groups in total. The summed E-state index contributed by atoms with van der Waals surface area (Å²) in [4.78, 5) is 15.7. The number of esters is 1. The van der Waals surface area contributed by atoms with Crippen molar-refractivity contribution in [3.63, 3.8) is 0 Å². The second-order valence-corrected chi connectivity index (χ2v) is 5.66. The maximum Gasteiger partial charge on any atom is 0.340 e. The van der Waals surface area contributed by atoms with Gasteiger partial charge in [0.15, 0.2) is 0 Å². The van der Waals surface area contributed by atoms with Gasteiger partial charge in [0.1, 0.15) is 5.75 Å². The fraction of sp³-hybridized carbons (Fsp3) is 0.250. The highest BCUT2D eigenvalue weighted by Crippen LogP contribution is 2.34. The third-order valence-electron chi connectivity index (χ3n) is 4.29. The number of carbonyl (C=O) groups excluding carboxylic acids is 1. The van der Waals surface area contributed by atoms with Crippen molar-refractivity contribution >= 4 is 16.9 Å². The molecule has 0 atom stereocenters. The van der Waals surface area contributed by atoms with E-state index < -0.39 is 0 Å². The molecule has 0 saturated carbocycles. The molecule has 124 valence electrons. The van der Waals surface area contributed by atoms with Gasteiger partial charge in [0.05, 0.1) is 19.8 Å². The fourth-order valence-corrected chi connectivity index (χ4v) is 3.15. The molecule has 0 fully saturated rings. The summed E-state index contributed by atoms with van der Waals surface area (Å²) >= 11 is 0. The second kappa shape index (κ2) is 6.79. The van der Waals surface area contributed by atoms with Crippen LogP contribution in [0.4, 0.5) is 0 Å². The zero-order valence-electron chi connectivity index (χ0n) is 14.2. The molecule has 0 aliphatic rings. The number of H-pyrrole nitrogens is 1. The molecule has 0 unspecified atom stereocenters. The van der Waals surface area contributed by atoms with Crippen molar-refractivity contribution in [2.75, 3.05) is 14.2 Å². The molecule has 4 heteroatoms. The first-order valence-corrected chi connectivity index (χ1v) is 8.02. The van der Waals surface area contributed by atoms with Crippen LogP contribution in [0.3, 0.4) is 0 Å². The standard InChI is InChI=1S/C20H21NO3/c1-4-15-19(20(22)24-3)18-14(12-13-8-6-5-7-9-13)17(23-2)11-10-16(18)21-15/h5-11,21H,4,12H2,1-3H3. The fourth-order valence-electron chi connectivity index (χ4n) is 3.15. The first-order chi connectivity index (χ1) is 11.7. The summed E-state index contributed by atoms with van der Waals surface area (Å²) in [5.41, 5.74) is 4.59. The van der Waals surface area contributed by atoms with Crippen LogP contribution < -0.4 is 4.74 Å². The Labute approximate surface area is 141 Å². The largest absolute Gasteiger partial charge is 0.496 e. The molecular weight excluding hydrogens is 302 g/mol. The number of aromatic amines is 1. The number of aryl methyl sites for hydroxylation is 1. The lowest BCUT2D eigenvalue weighted by molar-refractivity contribution is 0.0602. The Hall–Kier alpha value is -2.75. The Kier molecular flexibility index (Phi) is 4.56. The molecule has 24 heavy (non-hydrogen) atoms. The molecule has 0 radical (unpaired) electrons. The molecule has 2 aromatic carbocycles. The van der Waals surface area contributed by atoms with Crippen LogP contribution in [0.5, 0.6) is 5.75 Å². The number of methoxy groups -OCH3 is 2. The van der Waals surface area contributed by atoms with Crippen molar-refractivity contribution in [3.05, 3.63) is 64.8 Å². The Morgan fingerprint density at radius 3 is 2.46 bits per heavy atom. The molecule has 3 rings (SSSR count). The van der Waals surface area contributed by atoms with E-state index in [0.29, 0.717) is 12.0 Å². The number of nitrogens with one attached hydrogen (secondary N) is 1. The van der Waals surface area contributed by atoms with E-state index in [1.807, 2.05) is 37.3 Å². The number of fused-ring (bicyclic) bond motifs is 1. The smallest absolute Gasteiger partial charge is 0.340 e. The maximum atomic E-state index is 12.4. The summed E-state index contributed by atoms with van der Waals surface area (Å²) in [5.74, 6) is 0.457. The molecule has 3 aromatic rings. The van der Waals surface area contributed by atoms with E-state index in [1.54, 1.807) is 7.11 Å². The highest BCUT2D eigenvalue weighted by atomic mass is 16.5. The lowest BCUT2D eigenvalue weighted by Gasteiger charge is -2.12. The van der Waals surface area contributed by atoms with Gasteiger partial charge < -0.3 is 14.5 Å². The van der Waals surface area contributed by atoms with Crippen molar-refractivity contribution in [2.45, 2.75) is 19.8 Å². The lowest BCUT2D eigenvalue weighted by Crippen LogP contribution is -2.05. The zero-order valence-corrected chi connectivity index (χ0v) is 14.2. The van der Waals surface area contributed by atoms with Crippen molar-refractivity contribution in [2.24, 2.45) is 0 Å². The van der Waals surface area contributed by atoms with Crippen LogP contribution in [-0.2, 0) is 17.6 Å². The predicted molar refractivity (Wildman–Crippen MR) is 94.8 cm³/mol. The summed E-state index contributed by atoms with van der Waals surface area (Å²) in [6, 6.07) is 14.1. The van der Waals surface area contributed by atoms with Gasteiger partial charge in [-0.1, -0.05) is 37.3 Å². The third kappa shape index (κ3) is 2.75. The number of aromatic nitrogens is 1. The van der Waals surface area contributed by atoms with Gasteiger partial charge in [-0.05, 0) is 24.1 Å². The predicted octanol–water partition coefficient (Wildman–Crippen LogP) is 4.12. The van der Waals surface area contributed by atoms with Gasteiger partial charge in [-0.3, -0.25) is 0 Å². The molecule has 0 amide bonds. The lowest BCUT2D eigenvalue weighted by atomic mass is 9.97. The number of rotatable bonds is 5. The summed E-state index contributed by atoms with van der Waals surface area (Å²) in [6.07, 6.45) is 1.42. The Bertz CT molecular complexity index is 865. The van der Waals surface area contributed by atoms with Gasteiger partial charge in [-0.15, -0.1) is 0 Å². The van der Waals surface area contributed by atoms with E-state index >= 15 is 0 Å². The SMILES string of the molecule is CCc1[nH]c2ccc(OC)c(Cc3ccccc3)c2c1C(=O)OC. The van der Waals surface area contributed by atoms with E-state index in [0.717, 1.165) is 34.3 Å². The average Bonchev–Trinajstić information content (AvgIpc) is 3.01. The first-order valence-electron chi connectivity index (χ1n) is 8.02. The summed E-state index contributed by atoms with van der Waals surface area (Å²) < 4.78 is 10.6. The topological polar surface area (TPSA) is 51.3 Å². The molecule has 0 aliphatic carbocycles. The number of hydrogen-bond acceptors (Lipinski definition) is 3. The number of ether oxygens (including phenoxy) is 2. The molecular formula is C20H21NO3. The summed E-state index contributed by atoms with van der Waals surface area (Å²) in [5, 5.41) is 0.891. The van der Waals surface area contributed by atoms with E-state index in [1.165, 1.54) is 12.7 Å². The summed E-state index contributed by atoms with van der Waals surface area (Å²) in [6.45, 7) is 2.02. The molecule has 0 spiro atoms. The average molecular weight is 323 g/mol. The van der Waals surface area contributed by atoms with Gasteiger partial charge in [0, 0.05) is 28.6 Å². The van der Waals surface area contributed by atoms with Crippen molar-refractivity contribution in [1.82, 2.24) is 4.98 Å². The Balaban J connectivity index is 2.28. The Morgan fingerprint density at radius 2 is 1.83 bits per heavy atom. The normalized spacial score (nSPS) is 10.8. The minimum atomic E-state index is -0.319. The molecule has 4 nitrogen and oxygen atoms in total. The molecule has 1 heterocycles. The van der Waals surface area contributed by atoms with Crippen LogP contribution in [0.1, 0.15) is 34.1 Å². The van der Waals surface area contributed by atoms with E-state index in [-0.39, 0.29) is 5.97 Å². The quantitative estimate of drug-likeness (QED) is 0.719. The van der Waals surface area contributed by atoms with Crippen molar-refractivity contribution in [1.29, 1.82) is 0 Å². The van der Waals surface area contributed by atoms with Crippen LogP contribution >= 0.6 is 0 Å². The number of hydrogen-bond donors (Lipinski definition) is 1. The van der Waals surface area contributed by atoms with Gasteiger partial charge >= 0.3 is 5.97 Å². The van der Waals surface area contributed by atoms with E-state index in [4.69, 9.17) is 9.47 Å².